The van der Waals surface area contributed by atoms with Crippen molar-refractivity contribution in [1.82, 2.24) is 0 Å². The van der Waals surface area contributed by atoms with Crippen molar-refractivity contribution in [3.63, 3.8) is 0 Å². The number of rotatable bonds is 24. The van der Waals surface area contributed by atoms with E-state index in [4.69, 9.17) is 40.7 Å². The second-order valence-corrected chi connectivity index (χ2v) is 43.5. The number of hydrogen-bond donors (Lipinski definition) is 0. The fourth-order valence-electron chi connectivity index (χ4n) is 5.10. The van der Waals surface area contributed by atoms with E-state index in [2.05, 4.69) is 99.3 Å². The van der Waals surface area contributed by atoms with Crippen molar-refractivity contribution < 1.29 is 40.7 Å². The molecule has 50 heavy (non-hydrogen) atoms. The van der Waals surface area contributed by atoms with Crippen LogP contribution < -0.4 is 0 Å². The van der Waals surface area contributed by atoms with Gasteiger partial charge in [-0.25, -0.2) is 0 Å². The van der Waals surface area contributed by atoms with Gasteiger partial charge in [0.05, 0.1) is 0 Å². The van der Waals surface area contributed by atoms with Crippen molar-refractivity contribution >= 4 is 79.2 Å². The SMILES string of the molecule is CCC[Si](C)(C)O[Si](CCC)(O[SiH](C)C)O[Si](C)(C)CC[Si](OC)(OC)OC.CCC[Si](O[SiH](C)C)(O[SiH](C)C)O[SiH](C)C.[3H]CCC.[3H]CCC. The van der Waals surface area contributed by atoms with Gasteiger partial charge in [-0.05, 0) is 90.7 Å². The lowest BCUT2D eigenvalue weighted by atomic mass is 10.6. The smallest absolute Gasteiger partial charge is 0.420 e. The van der Waals surface area contributed by atoms with E-state index < -0.39 is 79.2 Å². The molecule has 9 nitrogen and oxygen atoms in total. The summed E-state index contributed by atoms with van der Waals surface area (Å²) in [7, 11) is -11.1. The van der Waals surface area contributed by atoms with Crippen molar-refractivity contribution in [3.8, 4) is 0 Å². The summed E-state index contributed by atoms with van der Waals surface area (Å²) in [6.45, 7) is 38.5. The summed E-state index contributed by atoms with van der Waals surface area (Å²) in [6.07, 6.45) is 5.22. The standard InChI is InChI=1S/C17H46O6Si5.C9H28O3Si4.2C3H8/c1-12-14-25(8,9)22-28(15-13-2,21-24(6)7)23-26(10,11)16-17-27(18-3,19-4)20-5;1-8-9-16(10-13(2)3,11-14(4)5)12-15(6)7;2*1-3-2/h24H,12-17H2,1-11H3;13-15H,8-9H2,1-7H3;2*3H2,1-2H3/i;;2*1T. The van der Waals surface area contributed by atoms with Gasteiger partial charge in [-0.15, -0.1) is 0 Å². The highest BCUT2D eigenvalue weighted by Crippen LogP contribution is 2.32. The molecule has 0 N–H and O–H groups in total. The van der Waals surface area contributed by atoms with Crippen LogP contribution in [0, 0.1) is 0 Å². The Morgan fingerprint density at radius 3 is 0.960 bits per heavy atom. The maximum Gasteiger partial charge on any atom is 0.499 e. The van der Waals surface area contributed by atoms with Crippen LogP contribution in [0.1, 0.15) is 83.3 Å². The van der Waals surface area contributed by atoms with Crippen molar-refractivity contribution in [1.29, 1.82) is 0 Å². The van der Waals surface area contributed by atoms with E-state index in [1.807, 2.05) is 13.8 Å². The third kappa shape index (κ3) is 30.9. The average Bonchev–Trinajstić information content (AvgIpc) is 3.00. The Balaban J connectivity index is -0.000000400. The van der Waals surface area contributed by atoms with Gasteiger partial charge in [-0.3, -0.25) is 0 Å². The predicted octanol–water partition coefficient (Wildman–Crippen LogP) is 10.2. The Morgan fingerprint density at radius 1 is 0.420 bits per heavy atom. The van der Waals surface area contributed by atoms with Gasteiger partial charge in [-0.2, -0.15) is 0 Å². The van der Waals surface area contributed by atoms with E-state index in [1.54, 1.807) is 21.3 Å². The molecule has 0 radical (unpaired) electrons. The first-order valence-corrected chi connectivity index (χ1v) is 42.5. The summed E-state index contributed by atoms with van der Waals surface area (Å²) in [6, 6.07) is 4.67. The van der Waals surface area contributed by atoms with Crippen molar-refractivity contribution in [2.45, 2.75) is 189 Å². The van der Waals surface area contributed by atoms with E-state index in [0.29, 0.717) is 13.8 Å². The molecule has 0 heterocycles. The van der Waals surface area contributed by atoms with Crippen molar-refractivity contribution in [2.75, 3.05) is 21.3 Å². The Bertz CT molecular complexity index is 764. The average molecular weight is 876 g/mol. The topological polar surface area (TPSA) is 83.1 Å². The molecule has 0 aliphatic heterocycles. The highest BCUT2D eigenvalue weighted by atomic mass is 28.5. The van der Waals surface area contributed by atoms with Gasteiger partial charge < -0.3 is 38.0 Å². The molecule has 0 fully saturated rings. The summed E-state index contributed by atoms with van der Waals surface area (Å²) >= 11 is 0. The molecule has 0 aromatic heterocycles. The number of hydrogen-bond acceptors (Lipinski definition) is 9. The van der Waals surface area contributed by atoms with E-state index in [0.717, 1.165) is 62.3 Å². The maximum atomic E-state index is 6.95. The van der Waals surface area contributed by atoms with Crippen molar-refractivity contribution in [3.05, 3.63) is 0 Å². The maximum absolute atomic E-state index is 6.95. The Kier molecular flexibility index (Phi) is 34.1. The molecule has 1 unspecified atom stereocenters. The molecule has 0 saturated heterocycles. The summed E-state index contributed by atoms with van der Waals surface area (Å²) in [5.74, 6) is 0. The van der Waals surface area contributed by atoms with Crippen LogP contribution in [0.3, 0.4) is 0 Å². The van der Waals surface area contributed by atoms with Crippen LogP contribution in [-0.4, -0.2) is 101 Å². The first-order valence-electron chi connectivity index (χ1n) is 20.7. The van der Waals surface area contributed by atoms with Gasteiger partial charge in [0.1, 0.15) is 0 Å². The molecule has 1 atom stereocenters. The van der Waals surface area contributed by atoms with Gasteiger partial charge >= 0.3 is 26.4 Å². The van der Waals surface area contributed by atoms with Crippen LogP contribution in [0.4, 0.5) is 0 Å². The van der Waals surface area contributed by atoms with E-state index in [9.17, 15) is 0 Å². The van der Waals surface area contributed by atoms with Gasteiger partial charge in [0.25, 0.3) is 0 Å². The summed E-state index contributed by atoms with van der Waals surface area (Å²) in [5.41, 5.74) is 0. The highest BCUT2D eigenvalue weighted by molar-refractivity contribution is 6.88. The zero-order valence-corrected chi connectivity index (χ0v) is 46.6. The largest absolute Gasteiger partial charge is 0.499 e. The molecular weight excluding hydrogens is 781 g/mol. The quantitative estimate of drug-likeness (QED) is 0.0881. The van der Waals surface area contributed by atoms with E-state index in [1.165, 1.54) is 0 Å². The van der Waals surface area contributed by atoms with E-state index in [-0.39, 0.29) is 0 Å². The van der Waals surface area contributed by atoms with Crippen LogP contribution in [0.25, 0.3) is 0 Å². The lowest BCUT2D eigenvalue weighted by Crippen LogP contribution is -2.59. The molecule has 0 aliphatic rings. The normalized spacial score (nSPS) is 14.3. The second kappa shape index (κ2) is 31.8. The second-order valence-electron chi connectivity index (χ2n) is 14.8. The molecule has 0 bridgehead atoms. The van der Waals surface area contributed by atoms with E-state index >= 15 is 0 Å². The molecule has 0 rings (SSSR count). The molecular formula is C32H90O9Si9. The van der Waals surface area contributed by atoms with Crippen LogP contribution in [-0.2, 0) is 38.0 Å². The first kappa shape index (κ1) is 53.7. The first-order chi connectivity index (χ1) is 24.0. The molecule has 0 aromatic rings. The minimum atomic E-state index is -2.72. The summed E-state index contributed by atoms with van der Waals surface area (Å²) in [5, 5.41) is 0. The van der Waals surface area contributed by atoms with Crippen LogP contribution in [0.2, 0.25) is 109 Å². The third-order valence-electron chi connectivity index (χ3n) is 6.46. The van der Waals surface area contributed by atoms with Gasteiger partial charge in [0.15, 0.2) is 52.8 Å². The zero-order valence-electron chi connectivity index (χ0n) is 39.0. The van der Waals surface area contributed by atoms with Crippen LogP contribution in [0.15, 0.2) is 0 Å². The van der Waals surface area contributed by atoms with Crippen LogP contribution in [0.5, 0.6) is 0 Å². The van der Waals surface area contributed by atoms with Crippen LogP contribution >= 0.6 is 0 Å². The molecule has 0 spiro atoms. The molecule has 0 aromatic carbocycles. The van der Waals surface area contributed by atoms with Gasteiger partial charge in [-0.1, -0.05) is 80.5 Å². The fraction of sp³-hybridized carbons (Fsp3) is 1.00. The minimum Gasteiger partial charge on any atom is -0.420 e. The molecule has 0 aliphatic carbocycles. The Labute approximate surface area is 329 Å². The monoisotopic (exact) mass is 874 g/mol. The third-order valence-corrected chi connectivity index (χ3v) is 35.3. The summed E-state index contributed by atoms with van der Waals surface area (Å²) in [4.78, 5) is 0. The molecule has 18 heteroatoms. The minimum absolute atomic E-state index is 0.569. The molecule has 0 amide bonds. The van der Waals surface area contributed by atoms with Gasteiger partial charge in [0, 0.05) is 42.2 Å². The fourth-order valence-corrected chi connectivity index (χ4v) is 38.0. The Morgan fingerprint density at radius 2 is 0.700 bits per heavy atom. The lowest BCUT2D eigenvalue weighted by molar-refractivity contribution is 0.124. The predicted molar refractivity (Wildman–Crippen MR) is 242 cm³/mol. The zero-order chi connectivity index (χ0) is 41.7. The highest BCUT2D eigenvalue weighted by Gasteiger charge is 2.50. The molecule has 308 valence electrons. The molecule has 0 saturated carbocycles. The van der Waals surface area contributed by atoms with Crippen molar-refractivity contribution in [2.24, 2.45) is 0 Å². The summed E-state index contributed by atoms with van der Waals surface area (Å²) < 4.78 is 68.8. The van der Waals surface area contributed by atoms with Gasteiger partial charge in [0.2, 0.25) is 0 Å². The Hall–Kier alpha value is 1.59. The lowest BCUT2D eigenvalue weighted by Gasteiger charge is -2.43.